The molecule has 0 spiro atoms. The lowest BCUT2D eigenvalue weighted by Crippen LogP contribution is -2.49. The third-order valence-electron chi connectivity index (χ3n) is 3.37. The molecule has 1 aliphatic rings. The van der Waals surface area contributed by atoms with Crippen LogP contribution in [-0.2, 0) is 19.0 Å². The minimum absolute atomic E-state index is 0.0143. The minimum Gasteiger partial charge on any atom is -0.385 e. The second kappa shape index (κ2) is 7.09. The third kappa shape index (κ3) is 3.76. The highest BCUT2D eigenvalue weighted by Crippen LogP contribution is 2.30. The molecule has 0 radical (unpaired) electrons. The second-order valence-electron chi connectivity index (χ2n) is 4.59. The maximum Gasteiger partial charge on any atom is 0.167 e. The molecule has 0 saturated carbocycles. The first-order valence-electron chi connectivity index (χ1n) is 6.41. The van der Waals surface area contributed by atoms with Crippen LogP contribution < -0.4 is 0 Å². The molecule has 100 valence electrons. The Balaban J connectivity index is 2.65. The Hall–Kier alpha value is -0.450. The fraction of sp³-hybridized carbons (Fsp3) is 0.923. The molecule has 1 saturated heterocycles. The molecule has 1 rings (SSSR count). The Bertz CT molecular complexity index is 228. The number of carbonyl (C=O) groups is 1. The number of hydrogen-bond acceptors (Lipinski definition) is 4. The zero-order valence-corrected chi connectivity index (χ0v) is 11.2. The van der Waals surface area contributed by atoms with Crippen molar-refractivity contribution >= 4 is 5.78 Å². The van der Waals surface area contributed by atoms with Crippen LogP contribution in [0.25, 0.3) is 0 Å². The summed E-state index contributed by atoms with van der Waals surface area (Å²) in [4.78, 5) is 12.5. The van der Waals surface area contributed by atoms with Gasteiger partial charge in [-0.2, -0.15) is 0 Å². The van der Waals surface area contributed by atoms with Crippen molar-refractivity contribution in [2.24, 2.45) is 5.92 Å². The van der Waals surface area contributed by atoms with Crippen molar-refractivity contribution in [2.45, 2.75) is 38.7 Å². The molecule has 0 aliphatic carbocycles. The zero-order valence-electron chi connectivity index (χ0n) is 11.2. The highest BCUT2D eigenvalue weighted by molar-refractivity contribution is 5.89. The summed E-state index contributed by atoms with van der Waals surface area (Å²) in [5.41, 5.74) is -0.611. The van der Waals surface area contributed by atoms with E-state index in [-0.39, 0.29) is 11.7 Å². The summed E-state index contributed by atoms with van der Waals surface area (Å²) < 4.78 is 16.1. The van der Waals surface area contributed by atoms with E-state index < -0.39 is 5.60 Å². The van der Waals surface area contributed by atoms with Gasteiger partial charge in [0.25, 0.3) is 0 Å². The van der Waals surface area contributed by atoms with E-state index in [0.29, 0.717) is 39.3 Å². The van der Waals surface area contributed by atoms with Crippen LogP contribution >= 0.6 is 0 Å². The standard InChI is InChI=1S/C13H24O4/c1-4-17-13(6-9-16-10-7-13)12(14)11(2)5-8-15-3/h11H,4-10H2,1-3H3. The lowest BCUT2D eigenvalue weighted by molar-refractivity contribution is -0.161. The van der Waals surface area contributed by atoms with Gasteiger partial charge in [-0.25, -0.2) is 0 Å². The highest BCUT2D eigenvalue weighted by Gasteiger charge is 2.42. The molecular weight excluding hydrogens is 220 g/mol. The molecule has 1 heterocycles. The molecule has 4 heteroatoms. The van der Waals surface area contributed by atoms with Crippen molar-refractivity contribution in [3.63, 3.8) is 0 Å². The topological polar surface area (TPSA) is 44.8 Å². The van der Waals surface area contributed by atoms with Crippen LogP contribution in [-0.4, -0.2) is 44.9 Å². The first-order chi connectivity index (χ1) is 8.16. The lowest BCUT2D eigenvalue weighted by atomic mass is 9.82. The molecule has 0 bridgehead atoms. The van der Waals surface area contributed by atoms with Gasteiger partial charge in [0.2, 0.25) is 0 Å². The summed E-state index contributed by atoms with van der Waals surface area (Å²) in [6, 6.07) is 0. The first kappa shape index (κ1) is 14.6. The van der Waals surface area contributed by atoms with E-state index in [4.69, 9.17) is 14.2 Å². The Morgan fingerprint density at radius 1 is 1.41 bits per heavy atom. The average Bonchev–Trinajstić information content (AvgIpc) is 2.36. The molecule has 1 fully saturated rings. The number of rotatable bonds is 7. The molecule has 0 N–H and O–H groups in total. The number of ketones is 1. The monoisotopic (exact) mass is 244 g/mol. The highest BCUT2D eigenvalue weighted by atomic mass is 16.5. The van der Waals surface area contributed by atoms with E-state index in [0.717, 1.165) is 6.42 Å². The van der Waals surface area contributed by atoms with E-state index in [9.17, 15) is 4.79 Å². The van der Waals surface area contributed by atoms with Gasteiger partial charge in [-0.3, -0.25) is 4.79 Å². The van der Waals surface area contributed by atoms with Gasteiger partial charge in [-0.05, 0) is 13.3 Å². The van der Waals surface area contributed by atoms with Gasteiger partial charge in [-0.15, -0.1) is 0 Å². The fourth-order valence-electron chi connectivity index (χ4n) is 2.31. The Morgan fingerprint density at radius 3 is 2.59 bits per heavy atom. The number of hydrogen-bond donors (Lipinski definition) is 0. The smallest absolute Gasteiger partial charge is 0.167 e. The fourth-order valence-corrected chi connectivity index (χ4v) is 2.31. The van der Waals surface area contributed by atoms with Crippen molar-refractivity contribution in [3.8, 4) is 0 Å². The molecule has 0 aromatic heterocycles. The molecular formula is C13H24O4. The van der Waals surface area contributed by atoms with Crippen molar-refractivity contribution in [3.05, 3.63) is 0 Å². The number of methoxy groups -OCH3 is 1. The quantitative estimate of drug-likeness (QED) is 0.685. The van der Waals surface area contributed by atoms with Gasteiger partial charge in [0.15, 0.2) is 5.78 Å². The van der Waals surface area contributed by atoms with Crippen molar-refractivity contribution < 1.29 is 19.0 Å². The van der Waals surface area contributed by atoms with Gasteiger partial charge < -0.3 is 14.2 Å². The van der Waals surface area contributed by atoms with Gasteiger partial charge in [-0.1, -0.05) is 6.92 Å². The van der Waals surface area contributed by atoms with Crippen LogP contribution in [0.2, 0.25) is 0 Å². The number of ether oxygens (including phenoxy) is 3. The second-order valence-corrected chi connectivity index (χ2v) is 4.59. The van der Waals surface area contributed by atoms with Crippen molar-refractivity contribution in [2.75, 3.05) is 33.5 Å². The number of Topliss-reactive ketones (excluding diaryl/α,β-unsaturated/α-hetero) is 1. The summed E-state index contributed by atoms with van der Waals surface area (Å²) in [5, 5.41) is 0. The maximum atomic E-state index is 12.5. The largest absolute Gasteiger partial charge is 0.385 e. The predicted octanol–water partition coefficient (Wildman–Crippen LogP) is 1.81. The SMILES string of the molecule is CCOC1(C(=O)C(C)CCOC)CCOCC1. The van der Waals surface area contributed by atoms with Crippen LogP contribution in [0.4, 0.5) is 0 Å². The summed E-state index contributed by atoms with van der Waals surface area (Å²) in [6.07, 6.45) is 2.11. The lowest BCUT2D eigenvalue weighted by Gasteiger charge is -2.37. The maximum absolute atomic E-state index is 12.5. The van der Waals surface area contributed by atoms with Gasteiger partial charge in [0.05, 0.1) is 0 Å². The van der Waals surface area contributed by atoms with E-state index in [1.165, 1.54) is 0 Å². The molecule has 0 amide bonds. The van der Waals surface area contributed by atoms with Crippen molar-refractivity contribution in [1.29, 1.82) is 0 Å². The molecule has 1 unspecified atom stereocenters. The first-order valence-corrected chi connectivity index (χ1v) is 6.41. The molecule has 1 aliphatic heterocycles. The van der Waals surface area contributed by atoms with Gasteiger partial charge in [0.1, 0.15) is 5.60 Å². The van der Waals surface area contributed by atoms with Gasteiger partial charge in [0, 0.05) is 52.3 Å². The summed E-state index contributed by atoms with van der Waals surface area (Å²) in [7, 11) is 1.66. The molecule has 0 aromatic carbocycles. The normalized spacial score (nSPS) is 21.1. The van der Waals surface area contributed by atoms with Crippen LogP contribution in [0.15, 0.2) is 0 Å². The number of carbonyl (C=O) groups excluding carboxylic acids is 1. The summed E-state index contributed by atoms with van der Waals surface area (Å²) in [6.45, 7) is 6.31. The van der Waals surface area contributed by atoms with Crippen LogP contribution in [0.3, 0.4) is 0 Å². The Labute approximate surface area is 104 Å². The average molecular weight is 244 g/mol. The van der Waals surface area contributed by atoms with E-state index in [1.807, 2.05) is 13.8 Å². The third-order valence-corrected chi connectivity index (χ3v) is 3.37. The molecule has 1 atom stereocenters. The summed E-state index contributed by atoms with van der Waals surface area (Å²) >= 11 is 0. The van der Waals surface area contributed by atoms with Crippen LogP contribution in [0.1, 0.15) is 33.1 Å². The Kier molecular flexibility index (Phi) is 6.09. The summed E-state index contributed by atoms with van der Waals surface area (Å²) in [5.74, 6) is 0.194. The van der Waals surface area contributed by atoms with Crippen LogP contribution in [0.5, 0.6) is 0 Å². The van der Waals surface area contributed by atoms with Gasteiger partial charge >= 0.3 is 0 Å². The van der Waals surface area contributed by atoms with E-state index in [1.54, 1.807) is 7.11 Å². The van der Waals surface area contributed by atoms with Crippen LogP contribution in [0, 0.1) is 5.92 Å². The zero-order chi connectivity index (χ0) is 12.7. The molecule has 0 aromatic rings. The predicted molar refractivity (Wildman–Crippen MR) is 65.1 cm³/mol. The van der Waals surface area contributed by atoms with Crippen molar-refractivity contribution in [1.82, 2.24) is 0 Å². The van der Waals surface area contributed by atoms with E-state index in [2.05, 4.69) is 0 Å². The van der Waals surface area contributed by atoms with E-state index >= 15 is 0 Å². The minimum atomic E-state index is -0.611. The molecule has 4 nitrogen and oxygen atoms in total. The Morgan fingerprint density at radius 2 is 2.06 bits per heavy atom. The molecule has 17 heavy (non-hydrogen) atoms.